The summed E-state index contributed by atoms with van der Waals surface area (Å²) in [4.78, 5) is 26.8. The number of benzene rings is 2. The van der Waals surface area contributed by atoms with Crippen LogP contribution >= 0.6 is 24.0 Å². The number of carbonyl (C=O) groups is 2. The number of furan rings is 1. The standard InChI is InChI=1S/C26H23NO5S2/c1-2-31-25(30)20-9-7-19(8-10-20)22-12-11-21(32-22)15-23-24(29)27(26(33)34-23)14-13-17-3-5-18(16-28)6-4-17/h3-12,15,28H,2,13-14,16H2,1H3/b23-15-. The third-order valence-corrected chi connectivity index (χ3v) is 6.66. The number of nitrogens with zero attached hydrogens (tertiary/aromatic N) is 1. The van der Waals surface area contributed by atoms with Crippen molar-refractivity contribution in [3.63, 3.8) is 0 Å². The molecule has 1 saturated heterocycles. The van der Waals surface area contributed by atoms with E-state index in [4.69, 9.17) is 26.5 Å². The fourth-order valence-electron chi connectivity index (χ4n) is 3.44. The van der Waals surface area contributed by atoms with Crippen LogP contribution in [0.4, 0.5) is 0 Å². The van der Waals surface area contributed by atoms with Gasteiger partial charge in [0.15, 0.2) is 0 Å². The van der Waals surface area contributed by atoms with Crippen LogP contribution in [0.1, 0.15) is 34.2 Å². The summed E-state index contributed by atoms with van der Waals surface area (Å²) in [6.45, 7) is 2.58. The van der Waals surface area contributed by atoms with Crippen LogP contribution in [-0.4, -0.2) is 39.4 Å². The lowest BCUT2D eigenvalue weighted by Crippen LogP contribution is -2.30. The molecule has 0 radical (unpaired) electrons. The van der Waals surface area contributed by atoms with Crippen LogP contribution in [0.5, 0.6) is 0 Å². The van der Waals surface area contributed by atoms with Gasteiger partial charge in [-0.1, -0.05) is 60.4 Å². The Morgan fingerprint density at radius 3 is 2.47 bits per heavy atom. The largest absolute Gasteiger partial charge is 0.462 e. The van der Waals surface area contributed by atoms with Crippen LogP contribution in [0.25, 0.3) is 17.4 Å². The van der Waals surface area contributed by atoms with E-state index in [1.807, 2.05) is 30.3 Å². The average molecular weight is 494 g/mol. The second-order valence-corrected chi connectivity index (χ2v) is 9.23. The molecule has 1 N–H and O–H groups in total. The van der Waals surface area contributed by atoms with Gasteiger partial charge in [-0.05, 0) is 48.7 Å². The second kappa shape index (κ2) is 10.8. The van der Waals surface area contributed by atoms with E-state index >= 15 is 0 Å². The highest BCUT2D eigenvalue weighted by Crippen LogP contribution is 2.33. The summed E-state index contributed by atoms with van der Waals surface area (Å²) in [7, 11) is 0. The molecule has 1 aliphatic heterocycles. The number of rotatable bonds is 8. The zero-order valence-corrected chi connectivity index (χ0v) is 20.2. The number of thioether (sulfide) groups is 1. The van der Waals surface area contributed by atoms with Crippen LogP contribution in [0.15, 0.2) is 70.0 Å². The van der Waals surface area contributed by atoms with E-state index in [9.17, 15) is 9.59 Å². The van der Waals surface area contributed by atoms with Crippen molar-refractivity contribution in [1.82, 2.24) is 4.90 Å². The Hall–Kier alpha value is -3.20. The van der Waals surface area contributed by atoms with Crippen molar-refractivity contribution in [3.05, 3.63) is 88.0 Å². The molecule has 2 aromatic carbocycles. The smallest absolute Gasteiger partial charge is 0.338 e. The third-order valence-electron chi connectivity index (χ3n) is 5.28. The SMILES string of the molecule is CCOC(=O)c1ccc(-c2ccc(/C=C3\SC(=S)N(CCc4ccc(CO)cc4)C3=O)o2)cc1. The highest BCUT2D eigenvalue weighted by atomic mass is 32.2. The van der Waals surface area contributed by atoms with E-state index in [-0.39, 0.29) is 18.5 Å². The Labute approximate surface area is 207 Å². The van der Waals surface area contributed by atoms with Crippen molar-refractivity contribution < 1.29 is 23.8 Å². The van der Waals surface area contributed by atoms with Gasteiger partial charge in [0.2, 0.25) is 0 Å². The maximum absolute atomic E-state index is 12.9. The lowest BCUT2D eigenvalue weighted by Gasteiger charge is -2.14. The maximum atomic E-state index is 12.9. The van der Waals surface area contributed by atoms with Crippen LogP contribution in [-0.2, 0) is 22.6 Å². The van der Waals surface area contributed by atoms with Crippen molar-refractivity contribution >= 4 is 46.3 Å². The summed E-state index contributed by atoms with van der Waals surface area (Å²) in [6.07, 6.45) is 2.37. The Bertz CT molecular complexity index is 1230. The summed E-state index contributed by atoms with van der Waals surface area (Å²) in [6, 6.07) is 18.2. The molecule has 1 aliphatic rings. The number of thiocarbonyl (C=S) groups is 1. The van der Waals surface area contributed by atoms with Crippen molar-refractivity contribution in [2.75, 3.05) is 13.2 Å². The van der Waals surface area contributed by atoms with E-state index in [0.717, 1.165) is 16.7 Å². The molecule has 0 atom stereocenters. The van der Waals surface area contributed by atoms with Gasteiger partial charge in [0, 0.05) is 18.2 Å². The van der Waals surface area contributed by atoms with E-state index < -0.39 is 0 Å². The number of ether oxygens (including phenoxy) is 1. The van der Waals surface area contributed by atoms with Crippen LogP contribution in [0.3, 0.4) is 0 Å². The van der Waals surface area contributed by atoms with Gasteiger partial charge < -0.3 is 14.3 Å². The zero-order valence-electron chi connectivity index (χ0n) is 18.5. The first-order valence-electron chi connectivity index (χ1n) is 10.8. The summed E-state index contributed by atoms with van der Waals surface area (Å²) in [5.74, 6) is 0.671. The number of amides is 1. The number of hydrogen-bond acceptors (Lipinski definition) is 7. The van der Waals surface area contributed by atoms with Crippen molar-refractivity contribution in [2.24, 2.45) is 0 Å². The number of aliphatic hydroxyl groups excluding tert-OH is 1. The highest BCUT2D eigenvalue weighted by molar-refractivity contribution is 8.26. The molecule has 174 valence electrons. The summed E-state index contributed by atoms with van der Waals surface area (Å²) < 4.78 is 11.4. The van der Waals surface area contributed by atoms with Crippen LogP contribution in [0.2, 0.25) is 0 Å². The average Bonchev–Trinajstić information content (AvgIpc) is 3.42. The lowest BCUT2D eigenvalue weighted by atomic mass is 10.1. The molecule has 1 fully saturated rings. The van der Waals surface area contributed by atoms with E-state index in [2.05, 4.69) is 0 Å². The van der Waals surface area contributed by atoms with Gasteiger partial charge in [-0.25, -0.2) is 4.79 Å². The normalized spacial score (nSPS) is 14.8. The molecule has 0 spiro atoms. The van der Waals surface area contributed by atoms with Crippen LogP contribution < -0.4 is 0 Å². The first kappa shape index (κ1) is 23.9. The third kappa shape index (κ3) is 5.47. The van der Waals surface area contributed by atoms with Gasteiger partial charge >= 0.3 is 5.97 Å². The number of hydrogen-bond donors (Lipinski definition) is 1. The van der Waals surface area contributed by atoms with Gasteiger partial charge in [-0.2, -0.15) is 0 Å². The van der Waals surface area contributed by atoms with Crippen molar-refractivity contribution in [2.45, 2.75) is 20.0 Å². The fraction of sp³-hybridized carbons (Fsp3) is 0.192. The molecule has 6 nitrogen and oxygen atoms in total. The van der Waals surface area contributed by atoms with Gasteiger partial charge in [0.1, 0.15) is 15.8 Å². The van der Waals surface area contributed by atoms with Crippen molar-refractivity contribution in [1.29, 1.82) is 0 Å². The molecule has 1 aromatic heterocycles. The molecule has 4 rings (SSSR count). The fourth-order valence-corrected chi connectivity index (χ4v) is 4.73. The zero-order chi connectivity index (χ0) is 24.1. The van der Waals surface area contributed by atoms with Crippen molar-refractivity contribution in [3.8, 4) is 11.3 Å². The minimum absolute atomic E-state index is 0.00711. The molecule has 0 bridgehead atoms. The molecule has 8 heteroatoms. The number of esters is 1. The first-order chi connectivity index (χ1) is 16.5. The predicted molar refractivity (Wildman–Crippen MR) is 136 cm³/mol. The second-order valence-electron chi connectivity index (χ2n) is 7.56. The molecule has 0 unspecified atom stereocenters. The summed E-state index contributed by atoms with van der Waals surface area (Å²) >= 11 is 6.68. The molecule has 0 aliphatic carbocycles. The Balaban J connectivity index is 1.41. The van der Waals surface area contributed by atoms with Gasteiger partial charge in [0.05, 0.1) is 23.7 Å². The monoisotopic (exact) mass is 493 g/mol. The Kier molecular flexibility index (Phi) is 7.62. The minimum Gasteiger partial charge on any atom is -0.462 e. The van der Waals surface area contributed by atoms with E-state index in [1.165, 1.54) is 11.8 Å². The maximum Gasteiger partial charge on any atom is 0.338 e. The van der Waals surface area contributed by atoms with Crippen LogP contribution in [0, 0.1) is 0 Å². The molecular weight excluding hydrogens is 470 g/mol. The highest BCUT2D eigenvalue weighted by Gasteiger charge is 2.32. The van der Waals surface area contributed by atoms with Gasteiger partial charge in [0.25, 0.3) is 5.91 Å². The van der Waals surface area contributed by atoms with E-state index in [0.29, 0.717) is 45.9 Å². The molecule has 3 aromatic rings. The molecular formula is C26H23NO5S2. The molecule has 34 heavy (non-hydrogen) atoms. The quantitative estimate of drug-likeness (QED) is 0.267. The van der Waals surface area contributed by atoms with E-state index in [1.54, 1.807) is 48.2 Å². The summed E-state index contributed by atoms with van der Waals surface area (Å²) in [5.41, 5.74) is 3.21. The molecule has 1 amide bonds. The Morgan fingerprint density at radius 1 is 1.09 bits per heavy atom. The number of carbonyl (C=O) groups excluding carboxylic acids is 2. The summed E-state index contributed by atoms with van der Waals surface area (Å²) in [5, 5.41) is 9.16. The number of aliphatic hydroxyl groups is 1. The first-order valence-corrected chi connectivity index (χ1v) is 12.0. The lowest BCUT2D eigenvalue weighted by molar-refractivity contribution is -0.122. The molecule has 0 saturated carbocycles. The van der Waals surface area contributed by atoms with Gasteiger partial charge in [-0.15, -0.1) is 0 Å². The minimum atomic E-state index is -0.363. The van der Waals surface area contributed by atoms with Gasteiger partial charge in [-0.3, -0.25) is 9.69 Å². The topological polar surface area (TPSA) is 80.0 Å². The molecule has 2 heterocycles. The predicted octanol–water partition coefficient (Wildman–Crippen LogP) is 5.06. The Morgan fingerprint density at radius 2 is 1.79 bits per heavy atom.